The summed E-state index contributed by atoms with van der Waals surface area (Å²) in [7, 11) is 0. The van der Waals surface area contributed by atoms with Crippen LogP contribution >= 0.6 is 0 Å². The highest BCUT2D eigenvalue weighted by atomic mass is 19.1. The number of fused-ring (bicyclic) bond motifs is 4. The molecule has 0 atom stereocenters. The van der Waals surface area contributed by atoms with Crippen LogP contribution < -0.4 is 20.7 Å². The molecule has 4 heterocycles. The summed E-state index contributed by atoms with van der Waals surface area (Å²) >= 11 is 0. The van der Waals surface area contributed by atoms with Gasteiger partial charge in [-0.3, -0.25) is 0 Å². The lowest BCUT2D eigenvalue weighted by Crippen LogP contribution is -2.60. The van der Waals surface area contributed by atoms with Gasteiger partial charge in [0.2, 0.25) is 11.7 Å². The molecule has 2 fully saturated rings. The zero-order chi connectivity index (χ0) is 24.4. The molecular formula is C24H30FN9O. The van der Waals surface area contributed by atoms with Gasteiger partial charge in [0.1, 0.15) is 5.75 Å². The molecule has 11 heteroatoms. The summed E-state index contributed by atoms with van der Waals surface area (Å²) in [5.74, 6) is 1.43. The Bertz CT molecular complexity index is 1270. The average Bonchev–Trinajstić information content (AvgIpc) is 3.23. The van der Waals surface area contributed by atoms with Crippen LogP contribution in [0.2, 0.25) is 0 Å². The summed E-state index contributed by atoms with van der Waals surface area (Å²) in [5, 5.41) is 22.4. The largest absolute Gasteiger partial charge is 0.465 e. The Labute approximate surface area is 203 Å². The highest BCUT2D eigenvalue weighted by Crippen LogP contribution is 2.48. The molecule has 1 aromatic carbocycles. The van der Waals surface area contributed by atoms with Crippen molar-refractivity contribution in [1.82, 2.24) is 35.5 Å². The maximum absolute atomic E-state index is 14.6. The lowest BCUT2D eigenvalue weighted by Gasteiger charge is -2.46. The fraction of sp³-hybridized carbons (Fsp3) is 0.542. The molecule has 10 nitrogen and oxygen atoms in total. The first kappa shape index (κ1) is 22.1. The third-order valence-electron chi connectivity index (χ3n) is 7.04. The molecule has 0 bridgehead atoms. The molecular weight excluding hydrogens is 449 g/mol. The van der Waals surface area contributed by atoms with Crippen LogP contribution in [-0.2, 0) is 5.72 Å². The molecule has 2 aliphatic heterocycles. The van der Waals surface area contributed by atoms with Crippen molar-refractivity contribution in [3.05, 3.63) is 30.2 Å². The Hall–Kier alpha value is -3.34. The van der Waals surface area contributed by atoms with Gasteiger partial charge in [-0.15, -0.1) is 5.10 Å². The predicted octanol–water partition coefficient (Wildman–Crippen LogP) is 3.96. The topological polar surface area (TPSA) is 115 Å². The molecule has 6 rings (SSSR count). The van der Waals surface area contributed by atoms with Crippen molar-refractivity contribution in [2.24, 2.45) is 0 Å². The fourth-order valence-corrected chi connectivity index (χ4v) is 5.82. The van der Waals surface area contributed by atoms with E-state index in [0.29, 0.717) is 11.8 Å². The van der Waals surface area contributed by atoms with E-state index in [9.17, 15) is 4.39 Å². The minimum absolute atomic E-state index is 0.0668. The van der Waals surface area contributed by atoms with Crippen LogP contribution in [0.1, 0.15) is 59.8 Å². The average molecular weight is 480 g/mol. The molecule has 184 valence electrons. The van der Waals surface area contributed by atoms with Gasteiger partial charge in [-0.2, -0.15) is 9.67 Å². The first-order valence-electron chi connectivity index (χ1n) is 12.1. The van der Waals surface area contributed by atoms with E-state index in [0.717, 1.165) is 49.1 Å². The molecule has 2 aromatic heterocycles. The van der Waals surface area contributed by atoms with Gasteiger partial charge in [0.25, 0.3) is 0 Å². The number of piperidine rings is 1. The smallest absolute Gasteiger partial charge is 0.229 e. The van der Waals surface area contributed by atoms with E-state index in [1.807, 2.05) is 18.2 Å². The Balaban J connectivity index is 1.24. The molecule has 0 unspecified atom stereocenters. The van der Waals surface area contributed by atoms with Gasteiger partial charge in [-0.1, -0.05) is 0 Å². The monoisotopic (exact) mass is 479 g/mol. The number of halogens is 1. The molecule has 0 amide bonds. The zero-order valence-electron chi connectivity index (χ0n) is 20.4. The third-order valence-corrected chi connectivity index (χ3v) is 7.04. The van der Waals surface area contributed by atoms with Crippen LogP contribution in [0.5, 0.6) is 5.75 Å². The number of aromatic nitrogens is 6. The molecule has 1 saturated heterocycles. The maximum atomic E-state index is 14.6. The second kappa shape index (κ2) is 7.58. The van der Waals surface area contributed by atoms with Crippen molar-refractivity contribution in [3.63, 3.8) is 0 Å². The van der Waals surface area contributed by atoms with Crippen molar-refractivity contribution < 1.29 is 9.13 Å². The van der Waals surface area contributed by atoms with Crippen molar-refractivity contribution in [1.29, 1.82) is 0 Å². The molecule has 35 heavy (non-hydrogen) atoms. The van der Waals surface area contributed by atoms with E-state index in [1.165, 1.54) is 6.20 Å². The van der Waals surface area contributed by atoms with Crippen LogP contribution in [-0.4, -0.2) is 47.3 Å². The van der Waals surface area contributed by atoms with Crippen LogP contribution in [0.4, 0.5) is 21.8 Å². The standard InChI is InChI=1S/C24H30FN9O/c1-22(2)11-15(12-23(3,4)31-22)27-19-17(25)13-26-21(29-19)28-14-6-7-18-16(10-14)20-30-32-33-34(20)24(35-18)8-5-9-24/h6-7,10,13,15,31H,5,8-9,11-12H2,1-4H3,(H2,26,27,28,29). The summed E-state index contributed by atoms with van der Waals surface area (Å²) < 4.78 is 22.7. The number of hydrogen-bond acceptors (Lipinski definition) is 9. The third kappa shape index (κ3) is 3.97. The number of hydrogen-bond donors (Lipinski definition) is 3. The molecule has 3 aromatic rings. The predicted molar refractivity (Wildman–Crippen MR) is 129 cm³/mol. The van der Waals surface area contributed by atoms with Crippen LogP contribution in [0.3, 0.4) is 0 Å². The Morgan fingerprint density at radius 3 is 2.63 bits per heavy atom. The van der Waals surface area contributed by atoms with Gasteiger partial charge in [0, 0.05) is 35.6 Å². The van der Waals surface area contributed by atoms with E-state index < -0.39 is 11.5 Å². The lowest BCUT2D eigenvalue weighted by molar-refractivity contribution is -0.0947. The van der Waals surface area contributed by atoms with E-state index in [4.69, 9.17) is 4.74 Å². The van der Waals surface area contributed by atoms with Crippen molar-refractivity contribution in [2.45, 2.75) is 82.6 Å². The second-order valence-corrected chi connectivity index (χ2v) is 11.2. The van der Waals surface area contributed by atoms with Gasteiger partial charge in [-0.05, 0) is 75.6 Å². The molecule has 3 aliphatic rings. The summed E-state index contributed by atoms with van der Waals surface area (Å²) in [6.07, 6.45) is 5.74. The van der Waals surface area contributed by atoms with E-state index >= 15 is 0 Å². The normalized spacial score (nSPS) is 21.4. The SMILES string of the molecule is CC1(C)CC(Nc2nc(Nc3ccc4c(c3)-c3nnnn3C3(CCC3)O4)ncc2F)CC(C)(C)N1. The van der Waals surface area contributed by atoms with E-state index in [-0.39, 0.29) is 22.9 Å². The number of rotatable bonds is 4. The fourth-order valence-electron chi connectivity index (χ4n) is 5.82. The summed E-state index contributed by atoms with van der Waals surface area (Å²) in [4.78, 5) is 8.59. The Morgan fingerprint density at radius 1 is 1.14 bits per heavy atom. The van der Waals surface area contributed by atoms with Crippen molar-refractivity contribution in [2.75, 3.05) is 10.6 Å². The quantitative estimate of drug-likeness (QED) is 0.511. The van der Waals surface area contributed by atoms with Crippen LogP contribution in [0.25, 0.3) is 11.4 Å². The Morgan fingerprint density at radius 2 is 1.91 bits per heavy atom. The number of benzene rings is 1. The van der Waals surface area contributed by atoms with Crippen molar-refractivity contribution >= 4 is 17.5 Å². The van der Waals surface area contributed by atoms with Crippen LogP contribution in [0.15, 0.2) is 24.4 Å². The minimum Gasteiger partial charge on any atom is -0.465 e. The number of anilines is 3. The molecule has 1 spiro atoms. The van der Waals surface area contributed by atoms with Crippen molar-refractivity contribution in [3.8, 4) is 17.1 Å². The van der Waals surface area contributed by atoms with Crippen LogP contribution in [0, 0.1) is 5.82 Å². The van der Waals surface area contributed by atoms with Gasteiger partial charge < -0.3 is 20.7 Å². The molecule has 1 aliphatic carbocycles. The van der Waals surface area contributed by atoms with Gasteiger partial charge in [0.15, 0.2) is 17.5 Å². The Kier molecular flexibility index (Phi) is 4.79. The highest BCUT2D eigenvalue weighted by molar-refractivity contribution is 5.72. The summed E-state index contributed by atoms with van der Waals surface area (Å²) in [5.41, 5.74) is 0.912. The van der Waals surface area contributed by atoms with Gasteiger partial charge >= 0.3 is 0 Å². The summed E-state index contributed by atoms with van der Waals surface area (Å²) in [6, 6.07) is 5.78. The maximum Gasteiger partial charge on any atom is 0.229 e. The molecule has 0 radical (unpaired) electrons. The van der Waals surface area contributed by atoms with E-state index in [2.05, 4.69) is 69.1 Å². The number of tetrazole rings is 1. The molecule has 1 saturated carbocycles. The number of nitrogens with one attached hydrogen (secondary N) is 3. The van der Waals surface area contributed by atoms with Gasteiger partial charge in [-0.25, -0.2) is 9.37 Å². The highest BCUT2D eigenvalue weighted by Gasteiger charge is 2.48. The van der Waals surface area contributed by atoms with E-state index in [1.54, 1.807) is 4.68 Å². The number of ether oxygens (including phenoxy) is 1. The first-order valence-corrected chi connectivity index (χ1v) is 12.1. The molecule has 3 N–H and O–H groups in total. The summed E-state index contributed by atoms with van der Waals surface area (Å²) in [6.45, 7) is 8.65. The lowest BCUT2D eigenvalue weighted by atomic mass is 9.79. The minimum atomic E-state index is -0.478. The second-order valence-electron chi connectivity index (χ2n) is 11.2. The zero-order valence-corrected chi connectivity index (χ0v) is 20.4. The number of nitrogens with zero attached hydrogens (tertiary/aromatic N) is 6. The van der Waals surface area contributed by atoms with Gasteiger partial charge in [0.05, 0.1) is 11.8 Å². The first-order chi connectivity index (χ1) is 16.6.